The van der Waals surface area contributed by atoms with Gasteiger partial charge in [0, 0.05) is 12.4 Å². The van der Waals surface area contributed by atoms with Crippen LogP contribution in [0.25, 0.3) is 11.4 Å². The van der Waals surface area contributed by atoms with Gasteiger partial charge in [0.15, 0.2) is 23.3 Å². The number of nitrogens with one attached hydrogen (secondary N) is 1. The number of aromatic nitrogens is 3. The maximum absolute atomic E-state index is 13.5. The van der Waals surface area contributed by atoms with E-state index in [0.717, 1.165) is 0 Å². The predicted molar refractivity (Wildman–Crippen MR) is 50.6 cm³/mol. The van der Waals surface area contributed by atoms with E-state index >= 15 is 0 Å². The van der Waals surface area contributed by atoms with Crippen molar-refractivity contribution in [2.75, 3.05) is 11.5 Å². The summed E-state index contributed by atoms with van der Waals surface area (Å²) in [5, 5.41) is 0. The van der Waals surface area contributed by atoms with Crippen molar-refractivity contribution in [3.05, 3.63) is 24.0 Å². The summed E-state index contributed by atoms with van der Waals surface area (Å²) in [5.74, 6) is -2.85. The van der Waals surface area contributed by atoms with Gasteiger partial charge in [-0.05, 0) is 0 Å². The van der Waals surface area contributed by atoms with Gasteiger partial charge in [-0.1, -0.05) is 0 Å². The van der Waals surface area contributed by atoms with Gasteiger partial charge in [0.1, 0.15) is 5.82 Å². The molecule has 78 valence electrons. The third-order valence-corrected chi connectivity index (χ3v) is 1.86. The Balaban J connectivity index is 2.75. The second kappa shape index (κ2) is 3.19. The van der Waals surface area contributed by atoms with Crippen molar-refractivity contribution in [1.82, 2.24) is 15.0 Å². The van der Waals surface area contributed by atoms with Crippen molar-refractivity contribution in [3.63, 3.8) is 0 Å². The van der Waals surface area contributed by atoms with Crippen molar-refractivity contribution in [2.24, 2.45) is 0 Å². The Kier molecular flexibility index (Phi) is 2.00. The van der Waals surface area contributed by atoms with Crippen LogP contribution in [0.2, 0.25) is 0 Å². The van der Waals surface area contributed by atoms with Crippen molar-refractivity contribution >= 4 is 11.6 Å². The first-order valence-corrected chi connectivity index (χ1v) is 4.01. The molecule has 0 unspecified atom stereocenters. The third kappa shape index (κ3) is 1.37. The van der Waals surface area contributed by atoms with Gasteiger partial charge in [-0.15, -0.1) is 0 Å². The molecule has 0 bridgehead atoms. The SMILES string of the molecule is Nc1nc(N)c(F)c(-c2ncc[nH]2)c1F. The minimum absolute atomic E-state index is 0.0193. The summed E-state index contributed by atoms with van der Waals surface area (Å²) in [4.78, 5) is 9.58. The van der Waals surface area contributed by atoms with Crippen LogP contribution in [0, 0.1) is 11.6 Å². The summed E-state index contributed by atoms with van der Waals surface area (Å²) in [6.45, 7) is 0. The third-order valence-electron chi connectivity index (χ3n) is 1.86. The maximum Gasteiger partial charge on any atom is 0.179 e. The van der Waals surface area contributed by atoms with Crippen molar-refractivity contribution in [3.8, 4) is 11.4 Å². The minimum Gasteiger partial charge on any atom is -0.381 e. The Bertz CT molecular complexity index is 468. The Labute approximate surface area is 83.1 Å². The number of hydrogen-bond donors (Lipinski definition) is 3. The first kappa shape index (κ1) is 9.38. The van der Waals surface area contributed by atoms with Crippen molar-refractivity contribution in [1.29, 1.82) is 0 Å². The number of H-pyrrole nitrogens is 1. The molecule has 0 aliphatic carbocycles. The lowest BCUT2D eigenvalue weighted by Crippen LogP contribution is -2.06. The molecular formula is C8H7F2N5. The first-order chi connectivity index (χ1) is 7.11. The van der Waals surface area contributed by atoms with Gasteiger partial charge in [0.25, 0.3) is 0 Å². The molecular weight excluding hydrogens is 204 g/mol. The van der Waals surface area contributed by atoms with Crippen LogP contribution < -0.4 is 11.5 Å². The number of nitrogens with two attached hydrogens (primary N) is 2. The van der Waals surface area contributed by atoms with Crippen LogP contribution in [-0.4, -0.2) is 15.0 Å². The number of pyridine rings is 1. The molecule has 0 atom stereocenters. The second-order valence-electron chi connectivity index (χ2n) is 2.82. The molecule has 2 aromatic heterocycles. The van der Waals surface area contributed by atoms with Gasteiger partial charge in [-0.25, -0.2) is 18.7 Å². The molecule has 15 heavy (non-hydrogen) atoms. The number of nitrogen functional groups attached to an aromatic ring is 2. The van der Waals surface area contributed by atoms with E-state index < -0.39 is 28.8 Å². The molecule has 2 rings (SSSR count). The molecule has 0 aliphatic rings. The lowest BCUT2D eigenvalue weighted by Gasteiger charge is -2.05. The molecule has 0 fully saturated rings. The number of nitrogens with zero attached hydrogens (tertiary/aromatic N) is 2. The van der Waals surface area contributed by atoms with Crippen LogP contribution in [0.5, 0.6) is 0 Å². The lowest BCUT2D eigenvalue weighted by molar-refractivity contribution is 0.586. The summed E-state index contributed by atoms with van der Waals surface area (Å²) in [6, 6.07) is 0. The number of halogens is 2. The highest BCUT2D eigenvalue weighted by Gasteiger charge is 2.20. The van der Waals surface area contributed by atoms with Crippen LogP contribution >= 0.6 is 0 Å². The molecule has 0 spiro atoms. The fraction of sp³-hybridized carbons (Fsp3) is 0. The lowest BCUT2D eigenvalue weighted by atomic mass is 10.2. The predicted octanol–water partition coefficient (Wildman–Crippen LogP) is 0.914. The highest BCUT2D eigenvalue weighted by molar-refractivity contribution is 5.65. The summed E-state index contributed by atoms with van der Waals surface area (Å²) in [7, 11) is 0. The minimum atomic E-state index is -0.975. The largest absolute Gasteiger partial charge is 0.381 e. The molecule has 2 heterocycles. The highest BCUT2D eigenvalue weighted by atomic mass is 19.1. The quantitative estimate of drug-likeness (QED) is 0.653. The molecule has 0 aromatic carbocycles. The molecule has 5 nitrogen and oxygen atoms in total. The highest BCUT2D eigenvalue weighted by Crippen LogP contribution is 2.28. The fourth-order valence-corrected chi connectivity index (χ4v) is 1.19. The zero-order valence-corrected chi connectivity index (χ0v) is 7.46. The van der Waals surface area contributed by atoms with Crippen LogP contribution in [0.15, 0.2) is 12.4 Å². The Morgan fingerprint density at radius 1 is 1.13 bits per heavy atom. The molecule has 5 N–H and O–H groups in total. The summed E-state index contributed by atoms with van der Waals surface area (Å²) in [6.07, 6.45) is 2.79. The van der Waals surface area contributed by atoms with Gasteiger partial charge < -0.3 is 16.5 Å². The van der Waals surface area contributed by atoms with E-state index in [0.29, 0.717) is 0 Å². The molecule has 0 saturated carbocycles. The molecule has 0 aliphatic heterocycles. The molecule has 7 heteroatoms. The average Bonchev–Trinajstić information content (AvgIpc) is 2.69. The van der Waals surface area contributed by atoms with Gasteiger partial charge in [-0.3, -0.25) is 0 Å². The Morgan fingerprint density at radius 3 is 2.20 bits per heavy atom. The van der Waals surface area contributed by atoms with Crippen LogP contribution in [0.4, 0.5) is 20.4 Å². The average molecular weight is 211 g/mol. The van der Waals surface area contributed by atoms with E-state index in [4.69, 9.17) is 11.5 Å². The summed E-state index contributed by atoms with van der Waals surface area (Å²) in [5.41, 5.74) is 10.0. The standard InChI is InChI=1S/C8H7F2N5/c9-4-3(8-13-1-2-14-8)5(10)7(12)15-6(4)11/h1-2H,(H,13,14)(H4,11,12,15). The van der Waals surface area contributed by atoms with Gasteiger partial charge >= 0.3 is 0 Å². The summed E-state index contributed by atoms with van der Waals surface area (Å²) < 4.78 is 26.9. The normalized spacial score (nSPS) is 10.5. The van der Waals surface area contributed by atoms with Crippen LogP contribution in [0.3, 0.4) is 0 Å². The van der Waals surface area contributed by atoms with Crippen molar-refractivity contribution in [2.45, 2.75) is 0 Å². The summed E-state index contributed by atoms with van der Waals surface area (Å²) >= 11 is 0. The Morgan fingerprint density at radius 2 is 1.73 bits per heavy atom. The van der Waals surface area contributed by atoms with E-state index in [1.165, 1.54) is 12.4 Å². The monoisotopic (exact) mass is 211 g/mol. The zero-order chi connectivity index (χ0) is 11.0. The van der Waals surface area contributed by atoms with E-state index in [2.05, 4.69) is 15.0 Å². The number of imidazole rings is 1. The number of aromatic amines is 1. The van der Waals surface area contributed by atoms with Gasteiger partial charge in [0.2, 0.25) is 0 Å². The smallest absolute Gasteiger partial charge is 0.179 e. The maximum atomic E-state index is 13.5. The van der Waals surface area contributed by atoms with Gasteiger partial charge in [0.05, 0.1) is 5.56 Å². The van der Waals surface area contributed by atoms with Crippen LogP contribution in [-0.2, 0) is 0 Å². The van der Waals surface area contributed by atoms with E-state index in [1.807, 2.05) is 0 Å². The first-order valence-electron chi connectivity index (χ1n) is 4.01. The molecule has 2 aromatic rings. The molecule has 0 saturated heterocycles. The number of anilines is 2. The van der Waals surface area contributed by atoms with Crippen LogP contribution in [0.1, 0.15) is 0 Å². The number of hydrogen-bond acceptors (Lipinski definition) is 4. The topological polar surface area (TPSA) is 93.6 Å². The molecule has 0 radical (unpaired) electrons. The van der Waals surface area contributed by atoms with E-state index in [-0.39, 0.29) is 5.82 Å². The zero-order valence-electron chi connectivity index (χ0n) is 7.46. The fourth-order valence-electron chi connectivity index (χ4n) is 1.19. The van der Waals surface area contributed by atoms with Gasteiger partial charge in [-0.2, -0.15) is 0 Å². The van der Waals surface area contributed by atoms with Crippen molar-refractivity contribution < 1.29 is 8.78 Å². The Hall–Kier alpha value is -2.18. The number of rotatable bonds is 1. The second-order valence-corrected chi connectivity index (χ2v) is 2.82. The van der Waals surface area contributed by atoms with E-state index in [9.17, 15) is 8.78 Å². The molecule has 0 amide bonds. The van der Waals surface area contributed by atoms with E-state index in [1.54, 1.807) is 0 Å².